The van der Waals surface area contributed by atoms with Crippen LogP contribution in [0.4, 0.5) is 5.69 Å². The summed E-state index contributed by atoms with van der Waals surface area (Å²) in [7, 11) is -1.47. The maximum Gasteiger partial charge on any atom is 0.191 e. The molecule has 1 aliphatic heterocycles. The van der Waals surface area contributed by atoms with E-state index in [4.69, 9.17) is 4.74 Å². The third-order valence-electron chi connectivity index (χ3n) is 5.09. The van der Waals surface area contributed by atoms with Gasteiger partial charge in [0.15, 0.2) is 15.8 Å². The first kappa shape index (κ1) is 25.4. The zero-order valence-electron chi connectivity index (χ0n) is 18.2. The van der Waals surface area contributed by atoms with Crippen molar-refractivity contribution >= 4 is 45.5 Å². The Kier molecular flexibility index (Phi) is 9.57. The molecule has 31 heavy (non-hydrogen) atoms. The molecule has 3 rings (SSSR count). The summed E-state index contributed by atoms with van der Waals surface area (Å²) in [5.41, 5.74) is 4.14. The molecule has 2 aromatic carbocycles. The Hall–Kier alpha value is -1.85. The third-order valence-corrected chi connectivity index (χ3v) is 6.35. The van der Waals surface area contributed by atoms with Gasteiger partial charge < -0.3 is 20.3 Å². The number of anilines is 1. The van der Waals surface area contributed by atoms with Crippen LogP contribution in [0.5, 0.6) is 0 Å². The van der Waals surface area contributed by atoms with E-state index in [1.807, 2.05) is 19.1 Å². The van der Waals surface area contributed by atoms with Gasteiger partial charge in [-0.25, -0.2) is 8.42 Å². The minimum atomic E-state index is -3.20. The van der Waals surface area contributed by atoms with Crippen LogP contribution in [-0.4, -0.2) is 54.0 Å². The molecular weight excluding hydrogens is 527 g/mol. The predicted molar refractivity (Wildman–Crippen MR) is 136 cm³/mol. The summed E-state index contributed by atoms with van der Waals surface area (Å²) < 4.78 is 28.9. The van der Waals surface area contributed by atoms with E-state index in [0.717, 1.165) is 37.4 Å². The highest BCUT2D eigenvalue weighted by Crippen LogP contribution is 2.17. The molecule has 0 radical (unpaired) electrons. The van der Waals surface area contributed by atoms with Gasteiger partial charge in [0.25, 0.3) is 0 Å². The largest absolute Gasteiger partial charge is 0.378 e. The Morgan fingerprint density at radius 1 is 1.03 bits per heavy atom. The van der Waals surface area contributed by atoms with E-state index >= 15 is 0 Å². The molecule has 1 heterocycles. The summed E-state index contributed by atoms with van der Waals surface area (Å²) in [4.78, 5) is 6.97. The first-order valence-corrected chi connectivity index (χ1v) is 11.9. The summed E-state index contributed by atoms with van der Waals surface area (Å²) in [6, 6.07) is 13.9. The molecule has 2 N–H and O–H groups in total. The number of sulfone groups is 1. The number of hydrogen-bond donors (Lipinski definition) is 2. The van der Waals surface area contributed by atoms with Gasteiger partial charge in [-0.05, 0) is 41.8 Å². The van der Waals surface area contributed by atoms with Gasteiger partial charge in [0.1, 0.15) is 0 Å². The number of nitrogens with one attached hydrogen (secondary N) is 2. The van der Waals surface area contributed by atoms with E-state index in [-0.39, 0.29) is 24.0 Å². The van der Waals surface area contributed by atoms with Crippen LogP contribution >= 0.6 is 24.0 Å². The smallest absolute Gasteiger partial charge is 0.191 e. The number of benzene rings is 2. The second-order valence-corrected chi connectivity index (χ2v) is 9.40. The van der Waals surface area contributed by atoms with Gasteiger partial charge in [-0.3, -0.25) is 4.99 Å². The second-order valence-electron chi connectivity index (χ2n) is 7.42. The maximum atomic E-state index is 11.8. The van der Waals surface area contributed by atoms with Crippen molar-refractivity contribution in [3.8, 4) is 0 Å². The van der Waals surface area contributed by atoms with Crippen LogP contribution in [0.25, 0.3) is 0 Å². The topological polar surface area (TPSA) is 83.0 Å². The lowest BCUT2D eigenvalue weighted by molar-refractivity contribution is 0.122. The lowest BCUT2D eigenvalue weighted by Crippen LogP contribution is -2.36. The average molecular weight is 558 g/mol. The lowest BCUT2D eigenvalue weighted by Gasteiger charge is -2.28. The van der Waals surface area contributed by atoms with Crippen LogP contribution in [0.15, 0.2) is 52.4 Å². The summed E-state index contributed by atoms with van der Waals surface area (Å²) in [5.74, 6) is 0.692. The number of aryl methyl sites for hydroxylation is 1. The van der Waals surface area contributed by atoms with Crippen molar-refractivity contribution < 1.29 is 13.2 Å². The highest BCUT2D eigenvalue weighted by Gasteiger charge is 2.12. The molecule has 0 spiro atoms. The summed E-state index contributed by atoms with van der Waals surface area (Å²) >= 11 is 0. The number of morpholine rings is 1. The monoisotopic (exact) mass is 558 g/mol. The molecule has 9 heteroatoms. The molecule has 0 aliphatic carbocycles. The van der Waals surface area contributed by atoms with E-state index < -0.39 is 9.84 Å². The zero-order chi connectivity index (χ0) is 21.6. The molecule has 1 saturated heterocycles. The molecular formula is C22H31IN4O3S. The van der Waals surface area contributed by atoms with Gasteiger partial charge in [-0.15, -0.1) is 24.0 Å². The minimum Gasteiger partial charge on any atom is -0.378 e. The fourth-order valence-electron chi connectivity index (χ4n) is 3.48. The molecule has 0 amide bonds. The third kappa shape index (κ3) is 7.36. The molecule has 1 fully saturated rings. The Morgan fingerprint density at radius 2 is 1.61 bits per heavy atom. The van der Waals surface area contributed by atoms with E-state index in [2.05, 4.69) is 44.8 Å². The fraction of sp³-hybridized carbons (Fsp3) is 0.409. The quantitative estimate of drug-likeness (QED) is 0.323. The first-order valence-electron chi connectivity index (χ1n) is 10.0. The fourth-order valence-corrected chi connectivity index (χ4v) is 4.43. The van der Waals surface area contributed by atoms with Gasteiger partial charge in [0, 0.05) is 45.2 Å². The second kappa shape index (κ2) is 11.7. The number of nitrogens with zero attached hydrogens (tertiary/aromatic N) is 2. The van der Waals surface area contributed by atoms with Crippen LogP contribution in [0.3, 0.4) is 0 Å². The number of guanidine groups is 1. The standard InChI is InChI=1S/C22H30N4O3S.HI/c1-17-14-19(6-9-21(17)30(3,27)28)16-25-22(23-2)24-15-18-4-7-20(8-5-18)26-10-12-29-13-11-26;/h4-9,14H,10-13,15-16H2,1-3H3,(H2,23,24,25);1H. The molecule has 0 atom stereocenters. The van der Waals surface area contributed by atoms with Crippen molar-refractivity contribution in [3.05, 3.63) is 59.2 Å². The van der Waals surface area contributed by atoms with Gasteiger partial charge in [0.05, 0.1) is 18.1 Å². The highest BCUT2D eigenvalue weighted by atomic mass is 127. The Morgan fingerprint density at radius 3 is 2.16 bits per heavy atom. The van der Waals surface area contributed by atoms with Gasteiger partial charge in [-0.2, -0.15) is 0 Å². The normalized spacial score (nSPS) is 14.7. The van der Waals surface area contributed by atoms with Crippen molar-refractivity contribution in [2.75, 3.05) is 44.5 Å². The van der Waals surface area contributed by atoms with E-state index in [9.17, 15) is 8.42 Å². The molecule has 0 saturated carbocycles. The van der Waals surface area contributed by atoms with Crippen LogP contribution in [-0.2, 0) is 27.7 Å². The Balaban J connectivity index is 0.00000341. The highest BCUT2D eigenvalue weighted by molar-refractivity contribution is 14.0. The van der Waals surface area contributed by atoms with E-state index in [0.29, 0.717) is 23.9 Å². The molecule has 1 aliphatic rings. The van der Waals surface area contributed by atoms with Crippen LogP contribution < -0.4 is 15.5 Å². The molecule has 0 aromatic heterocycles. The van der Waals surface area contributed by atoms with E-state index in [1.54, 1.807) is 13.1 Å². The molecule has 0 unspecified atom stereocenters. The van der Waals surface area contributed by atoms with Gasteiger partial charge in [-0.1, -0.05) is 24.3 Å². The van der Waals surface area contributed by atoms with Crippen molar-refractivity contribution in [2.24, 2.45) is 4.99 Å². The predicted octanol–water partition coefficient (Wildman–Crippen LogP) is 2.72. The first-order chi connectivity index (χ1) is 14.4. The maximum absolute atomic E-state index is 11.8. The Bertz CT molecular complexity index is 988. The number of hydrogen-bond acceptors (Lipinski definition) is 5. The van der Waals surface area contributed by atoms with Crippen LogP contribution in [0.2, 0.25) is 0 Å². The van der Waals surface area contributed by atoms with Crippen molar-refractivity contribution in [1.29, 1.82) is 0 Å². The molecule has 170 valence electrons. The molecule has 2 aromatic rings. The average Bonchev–Trinajstić information content (AvgIpc) is 2.74. The molecule has 0 bridgehead atoms. The zero-order valence-corrected chi connectivity index (χ0v) is 21.4. The summed E-state index contributed by atoms with van der Waals surface area (Å²) in [6.07, 6.45) is 1.23. The number of aliphatic imine (C=N–C) groups is 1. The Labute approximate surface area is 202 Å². The number of halogens is 1. The minimum absolute atomic E-state index is 0. The molecule has 7 nitrogen and oxygen atoms in total. The summed E-state index contributed by atoms with van der Waals surface area (Å²) in [5, 5.41) is 6.59. The summed E-state index contributed by atoms with van der Waals surface area (Å²) in [6.45, 7) is 6.45. The van der Waals surface area contributed by atoms with E-state index in [1.165, 1.54) is 17.5 Å². The SMILES string of the molecule is CN=C(NCc1ccc(N2CCOCC2)cc1)NCc1ccc(S(C)(=O)=O)c(C)c1.I. The van der Waals surface area contributed by atoms with Crippen molar-refractivity contribution in [2.45, 2.75) is 24.9 Å². The van der Waals surface area contributed by atoms with Crippen LogP contribution in [0, 0.1) is 6.92 Å². The van der Waals surface area contributed by atoms with Gasteiger partial charge >= 0.3 is 0 Å². The lowest BCUT2D eigenvalue weighted by atomic mass is 10.1. The van der Waals surface area contributed by atoms with Crippen LogP contribution in [0.1, 0.15) is 16.7 Å². The van der Waals surface area contributed by atoms with Crippen molar-refractivity contribution in [1.82, 2.24) is 10.6 Å². The van der Waals surface area contributed by atoms with Gasteiger partial charge in [0.2, 0.25) is 0 Å². The number of rotatable bonds is 6. The van der Waals surface area contributed by atoms with Crippen molar-refractivity contribution in [3.63, 3.8) is 0 Å². The number of ether oxygens (including phenoxy) is 1.